The molecule has 0 radical (unpaired) electrons. The van der Waals surface area contributed by atoms with Gasteiger partial charge in [-0.15, -0.1) is 0 Å². The predicted molar refractivity (Wildman–Crippen MR) is 115 cm³/mol. The van der Waals surface area contributed by atoms with Gasteiger partial charge in [-0.05, 0) is 60.7 Å². The summed E-state index contributed by atoms with van der Waals surface area (Å²) in [6, 6.07) is 16.2. The molecule has 0 bridgehead atoms. The molecule has 1 aliphatic heterocycles. The summed E-state index contributed by atoms with van der Waals surface area (Å²) < 4.78 is 10.7. The lowest BCUT2D eigenvalue weighted by Gasteiger charge is -2.30. The molecule has 1 fully saturated rings. The van der Waals surface area contributed by atoms with Crippen molar-refractivity contribution in [3.63, 3.8) is 0 Å². The Balaban J connectivity index is 1.35. The van der Waals surface area contributed by atoms with Crippen LogP contribution in [-0.4, -0.2) is 37.6 Å². The van der Waals surface area contributed by atoms with Crippen LogP contribution in [0.5, 0.6) is 5.75 Å². The van der Waals surface area contributed by atoms with Crippen LogP contribution in [0.15, 0.2) is 48.5 Å². The van der Waals surface area contributed by atoms with Crippen LogP contribution in [-0.2, 0) is 29.2 Å². The van der Waals surface area contributed by atoms with Crippen molar-refractivity contribution >= 4 is 5.91 Å². The normalized spacial score (nSPS) is 15.2. The molecule has 1 N–H and O–H groups in total. The number of carbonyl (C=O) groups excluding carboxylic acids is 1. The summed E-state index contributed by atoms with van der Waals surface area (Å²) in [5.41, 5.74) is 3.41. The van der Waals surface area contributed by atoms with E-state index >= 15 is 0 Å². The zero-order valence-electron chi connectivity index (χ0n) is 17.5. The van der Waals surface area contributed by atoms with E-state index in [2.05, 4.69) is 41.4 Å². The first kappa shape index (κ1) is 21.3. The van der Waals surface area contributed by atoms with Crippen molar-refractivity contribution in [1.82, 2.24) is 10.2 Å². The highest BCUT2D eigenvalue weighted by Gasteiger charge is 2.15. The maximum atomic E-state index is 12.0. The third-order valence-corrected chi connectivity index (χ3v) is 5.43. The van der Waals surface area contributed by atoms with Crippen molar-refractivity contribution in [2.75, 3.05) is 26.8 Å². The monoisotopic (exact) mass is 396 g/mol. The molecule has 0 atom stereocenters. The summed E-state index contributed by atoms with van der Waals surface area (Å²) >= 11 is 0. The molecule has 2 aromatic carbocycles. The molecule has 29 heavy (non-hydrogen) atoms. The SMILES string of the molecule is COc1cccc(COCC(=O)NCc2ccc(CN3CCC(C)CC3)cc2)c1. The minimum Gasteiger partial charge on any atom is -0.497 e. The second-order valence-electron chi connectivity index (χ2n) is 7.90. The van der Waals surface area contributed by atoms with Gasteiger partial charge in [-0.1, -0.05) is 43.3 Å². The number of piperidine rings is 1. The van der Waals surface area contributed by atoms with Crippen molar-refractivity contribution in [1.29, 1.82) is 0 Å². The summed E-state index contributed by atoms with van der Waals surface area (Å²) in [5.74, 6) is 1.53. The Morgan fingerprint density at radius 3 is 2.52 bits per heavy atom. The highest BCUT2D eigenvalue weighted by molar-refractivity contribution is 5.77. The van der Waals surface area contributed by atoms with Crippen molar-refractivity contribution in [3.05, 3.63) is 65.2 Å². The van der Waals surface area contributed by atoms with Gasteiger partial charge in [0, 0.05) is 13.1 Å². The molecule has 0 saturated carbocycles. The van der Waals surface area contributed by atoms with Gasteiger partial charge in [0.25, 0.3) is 0 Å². The Kier molecular flexibility index (Phi) is 8.08. The van der Waals surface area contributed by atoms with Crippen molar-refractivity contribution in [2.45, 2.75) is 39.5 Å². The molecule has 1 amide bonds. The Bertz CT molecular complexity index is 768. The number of carbonyl (C=O) groups is 1. The van der Waals surface area contributed by atoms with E-state index in [-0.39, 0.29) is 12.5 Å². The van der Waals surface area contributed by atoms with Gasteiger partial charge in [0.2, 0.25) is 5.91 Å². The summed E-state index contributed by atoms with van der Waals surface area (Å²) in [7, 11) is 1.63. The van der Waals surface area contributed by atoms with Gasteiger partial charge in [-0.2, -0.15) is 0 Å². The Morgan fingerprint density at radius 1 is 1.07 bits per heavy atom. The fraction of sp³-hybridized carbons (Fsp3) is 0.458. The molecule has 0 aliphatic carbocycles. The summed E-state index contributed by atoms with van der Waals surface area (Å²) in [6.07, 6.45) is 2.59. The second-order valence-corrected chi connectivity index (χ2v) is 7.90. The fourth-order valence-corrected chi connectivity index (χ4v) is 3.52. The van der Waals surface area contributed by atoms with E-state index in [4.69, 9.17) is 9.47 Å². The summed E-state index contributed by atoms with van der Waals surface area (Å²) in [6.45, 7) is 6.67. The molecule has 0 spiro atoms. The first-order chi connectivity index (χ1) is 14.1. The zero-order chi connectivity index (χ0) is 20.5. The Hall–Kier alpha value is -2.37. The maximum absolute atomic E-state index is 12.0. The molecular weight excluding hydrogens is 364 g/mol. The maximum Gasteiger partial charge on any atom is 0.246 e. The number of methoxy groups -OCH3 is 1. The van der Waals surface area contributed by atoms with Crippen molar-refractivity contribution < 1.29 is 14.3 Å². The van der Waals surface area contributed by atoms with Gasteiger partial charge in [0.05, 0.1) is 13.7 Å². The van der Waals surface area contributed by atoms with Gasteiger partial charge in [-0.3, -0.25) is 9.69 Å². The number of rotatable bonds is 9. The minimum absolute atomic E-state index is 0.0443. The van der Waals surface area contributed by atoms with Crippen LogP contribution in [0.2, 0.25) is 0 Å². The second kappa shape index (κ2) is 11.0. The molecule has 5 nitrogen and oxygen atoms in total. The number of likely N-dealkylation sites (tertiary alicyclic amines) is 1. The summed E-state index contributed by atoms with van der Waals surface area (Å²) in [4.78, 5) is 14.5. The number of hydrogen-bond donors (Lipinski definition) is 1. The standard InChI is InChI=1S/C24H32N2O3/c1-19-10-12-26(13-11-19)16-21-8-6-20(7-9-21)15-25-24(27)18-29-17-22-4-3-5-23(14-22)28-2/h3-9,14,19H,10-13,15-18H2,1-2H3,(H,25,27). The molecular formula is C24H32N2O3. The van der Waals surface area contributed by atoms with Crippen LogP contribution in [0.25, 0.3) is 0 Å². The van der Waals surface area contributed by atoms with E-state index < -0.39 is 0 Å². The quantitative estimate of drug-likeness (QED) is 0.701. The van der Waals surface area contributed by atoms with Crippen LogP contribution in [0, 0.1) is 5.92 Å². The lowest BCUT2D eigenvalue weighted by molar-refractivity contribution is -0.126. The van der Waals surface area contributed by atoms with Gasteiger partial charge >= 0.3 is 0 Å². The van der Waals surface area contributed by atoms with Crippen LogP contribution in [0.3, 0.4) is 0 Å². The summed E-state index contributed by atoms with van der Waals surface area (Å²) in [5, 5.41) is 2.91. The highest BCUT2D eigenvalue weighted by Crippen LogP contribution is 2.18. The average molecular weight is 397 g/mol. The highest BCUT2D eigenvalue weighted by atomic mass is 16.5. The van der Waals surface area contributed by atoms with Crippen molar-refractivity contribution in [3.8, 4) is 5.75 Å². The van der Waals surface area contributed by atoms with E-state index in [1.54, 1.807) is 7.11 Å². The van der Waals surface area contributed by atoms with Gasteiger partial charge in [0.1, 0.15) is 12.4 Å². The number of ether oxygens (including phenoxy) is 2. The lowest BCUT2D eigenvalue weighted by atomic mass is 9.99. The van der Waals surface area contributed by atoms with E-state index in [0.717, 1.165) is 29.3 Å². The van der Waals surface area contributed by atoms with E-state index in [9.17, 15) is 4.79 Å². The molecule has 1 heterocycles. The average Bonchev–Trinajstić information content (AvgIpc) is 2.75. The third-order valence-electron chi connectivity index (χ3n) is 5.43. The van der Waals surface area contributed by atoms with Crippen LogP contribution in [0.1, 0.15) is 36.5 Å². The molecule has 1 aliphatic rings. The predicted octanol–water partition coefficient (Wildman–Crippen LogP) is 3.76. The molecule has 3 rings (SSSR count). The largest absolute Gasteiger partial charge is 0.497 e. The van der Waals surface area contributed by atoms with Gasteiger partial charge in [-0.25, -0.2) is 0 Å². The van der Waals surface area contributed by atoms with Crippen LogP contribution < -0.4 is 10.1 Å². The smallest absolute Gasteiger partial charge is 0.246 e. The number of hydrogen-bond acceptors (Lipinski definition) is 4. The van der Waals surface area contributed by atoms with Crippen LogP contribution >= 0.6 is 0 Å². The van der Waals surface area contributed by atoms with Crippen LogP contribution in [0.4, 0.5) is 0 Å². The van der Waals surface area contributed by atoms with Gasteiger partial charge in [0.15, 0.2) is 0 Å². The number of nitrogens with zero attached hydrogens (tertiary/aromatic N) is 1. The van der Waals surface area contributed by atoms with E-state index in [1.165, 1.54) is 31.5 Å². The molecule has 5 heteroatoms. The fourth-order valence-electron chi connectivity index (χ4n) is 3.52. The van der Waals surface area contributed by atoms with E-state index in [1.807, 2.05) is 24.3 Å². The van der Waals surface area contributed by atoms with Crippen molar-refractivity contribution in [2.24, 2.45) is 5.92 Å². The lowest BCUT2D eigenvalue weighted by Crippen LogP contribution is -2.32. The topological polar surface area (TPSA) is 50.8 Å². The molecule has 0 aromatic heterocycles. The molecule has 0 unspecified atom stereocenters. The zero-order valence-corrected chi connectivity index (χ0v) is 17.5. The number of benzene rings is 2. The third kappa shape index (κ3) is 7.18. The first-order valence-electron chi connectivity index (χ1n) is 10.4. The Morgan fingerprint density at radius 2 is 1.79 bits per heavy atom. The number of nitrogens with one attached hydrogen (secondary N) is 1. The number of amides is 1. The van der Waals surface area contributed by atoms with Gasteiger partial charge < -0.3 is 14.8 Å². The minimum atomic E-state index is -0.112. The Labute approximate surface area is 174 Å². The molecule has 1 saturated heterocycles. The van der Waals surface area contributed by atoms with E-state index in [0.29, 0.717) is 13.2 Å². The molecule has 156 valence electrons. The molecule has 2 aromatic rings. The first-order valence-corrected chi connectivity index (χ1v) is 10.4.